The molecule has 0 bridgehead atoms. The van der Waals surface area contributed by atoms with Crippen molar-refractivity contribution in [2.45, 2.75) is 18.6 Å². The van der Waals surface area contributed by atoms with E-state index in [1.54, 1.807) is 0 Å². The lowest BCUT2D eigenvalue weighted by Crippen LogP contribution is -2.03. The van der Waals surface area contributed by atoms with E-state index >= 15 is 0 Å². The zero-order chi connectivity index (χ0) is 7.23. The summed E-state index contributed by atoms with van der Waals surface area (Å²) in [5.41, 5.74) is 0. The number of hydrogen-bond donors (Lipinski definition) is 1. The zero-order valence-electron chi connectivity index (χ0n) is 5.88. The molecule has 0 amide bonds. The fourth-order valence-electron chi connectivity index (χ4n) is 0.632. The van der Waals surface area contributed by atoms with Gasteiger partial charge in [-0.3, -0.25) is 0 Å². The molecule has 1 fully saturated rings. The Bertz CT molecular complexity index is 85.1. The van der Waals surface area contributed by atoms with Gasteiger partial charge >= 0.3 is 0 Å². The summed E-state index contributed by atoms with van der Waals surface area (Å²) in [4.78, 5) is 8.43. The molecule has 3 nitrogen and oxygen atoms in total. The van der Waals surface area contributed by atoms with Gasteiger partial charge in [0.15, 0.2) is 0 Å². The molecule has 0 aromatic carbocycles. The fourth-order valence-corrected chi connectivity index (χ4v) is 0.935. The Morgan fingerprint density at radius 3 is 3.10 bits per heavy atom. The van der Waals surface area contributed by atoms with Crippen LogP contribution in [0.1, 0.15) is 6.42 Å². The van der Waals surface area contributed by atoms with E-state index in [1.807, 2.05) is 0 Å². The molecule has 1 atom stereocenters. The van der Waals surface area contributed by atoms with Crippen molar-refractivity contribution in [3.8, 4) is 0 Å². The largest absolute Gasteiger partial charge is 0.432 e. The van der Waals surface area contributed by atoms with E-state index < -0.39 is 0 Å². The molecule has 1 heterocycles. The van der Waals surface area contributed by atoms with Crippen molar-refractivity contribution in [3.63, 3.8) is 0 Å². The molecule has 1 N–H and O–H groups in total. The molecule has 2 radical (unpaired) electrons. The van der Waals surface area contributed by atoms with Crippen LogP contribution in [0.15, 0.2) is 0 Å². The molecular formula is C6H12O3Si. The summed E-state index contributed by atoms with van der Waals surface area (Å²) in [6.45, 7) is 2.35. The quantitative estimate of drug-likeness (QED) is 0.333. The van der Waals surface area contributed by atoms with Gasteiger partial charge in [-0.05, 0) is 12.5 Å². The predicted octanol–water partition coefficient (Wildman–Crippen LogP) is -0.178. The van der Waals surface area contributed by atoms with Crippen LogP contribution >= 0.6 is 0 Å². The van der Waals surface area contributed by atoms with Gasteiger partial charge in [0.2, 0.25) is 9.76 Å². The van der Waals surface area contributed by atoms with Crippen molar-refractivity contribution in [3.05, 3.63) is 0 Å². The van der Waals surface area contributed by atoms with Gasteiger partial charge in [0, 0.05) is 6.61 Å². The van der Waals surface area contributed by atoms with Gasteiger partial charge in [0.25, 0.3) is 0 Å². The molecule has 1 saturated heterocycles. The SMILES string of the molecule is O[Si]CCCOCC1CO1. The molecule has 0 aromatic heterocycles. The van der Waals surface area contributed by atoms with E-state index in [-0.39, 0.29) is 9.76 Å². The molecule has 0 aromatic rings. The van der Waals surface area contributed by atoms with E-state index in [4.69, 9.17) is 14.3 Å². The first-order chi connectivity index (χ1) is 4.93. The molecule has 1 rings (SSSR count). The molecular weight excluding hydrogens is 148 g/mol. The van der Waals surface area contributed by atoms with E-state index in [0.29, 0.717) is 6.10 Å². The third kappa shape index (κ3) is 4.00. The molecule has 4 heteroatoms. The summed E-state index contributed by atoms with van der Waals surface area (Å²) < 4.78 is 10.2. The van der Waals surface area contributed by atoms with E-state index in [9.17, 15) is 0 Å². The Labute approximate surface area is 63.3 Å². The van der Waals surface area contributed by atoms with E-state index in [0.717, 1.165) is 32.3 Å². The average molecular weight is 160 g/mol. The van der Waals surface area contributed by atoms with Gasteiger partial charge in [-0.25, -0.2) is 0 Å². The second kappa shape index (κ2) is 4.84. The van der Waals surface area contributed by atoms with Crippen molar-refractivity contribution in [1.82, 2.24) is 0 Å². The second-order valence-corrected chi connectivity index (χ2v) is 3.11. The average Bonchev–Trinajstić information content (AvgIpc) is 2.71. The zero-order valence-corrected chi connectivity index (χ0v) is 6.88. The number of rotatable bonds is 6. The molecule has 1 aliphatic heterocycles. The lowest BCUT2D eigenvalue weighted by molar-refractivity contribution is 0.117. The monoisotopic (exact) mass is 160 g/mol. The third-order valence-corrected chi connectivity index (χ3v) is 1.86. The Hall–Kier alpha value is 0.0969. The topological polar surface area (TPSA) is 42.0 Å². The molecule has 0 saturated carbocycles. The molecule has 0 spiro atoms. The van der Waals surface area contributed by atoms with Crippen molar-refractivity contribution in [2.75, 3.05) is 19.8 Å². The first kappa shape index (κ1) is 8.20. The van der Waals surface area contributed by atoms with E-state index in [2.05, 4.69) is 0 Å². The number of epoxide rings is 1. The summed E-state index contributed by atoms with van der Waals surface area (Å²) in [7, 11) is 0.0679. The first-order valence-corrected chi connectivity index (χ1v) is 4.65. The third-order valence-electron chi connectivity index (χ3n) is 1.28. The van der Waals surface area contributed by atoms with Crippen LogP contribution in [-0.2, 0) is 9.47 Å². The minimum atomic E-state index is 0.0679. The lowest BCUT2D eigenvalue weighted by atomic mass is 10.5. The second-order valence-electron chi connectivity index (χ2n) is 2.29. The van der Waals surface area contributed by atoms with Crippen LogP contribution in [0.4, 0.5) is 0 Å². The summed E-state index contributed by atoms with van der Waals surface area (Å²) in [5, 5.41) is 0. The van der Waals surface area contributed by atoms with Crippen molar-refractivity contribution in [1.29, 1.82) is 0 Å². The molecule has 58 valence electrons. The standard InChI is InChI=1S/C6H12O3Si/c7-10-3-1-2-8-4-6-5-9-6/h6-7H,1-5H2. The van der Waals surface area contributed by atoms with Crippen LogP contribution in [0.2, 0.25) is 6.04 Å². The van der Waals surface area contributed by atoms with Gasteiger partial charge < -0.3 is 14.3 Å². The highest BCUT2D eigenvalue weighted by Crippen LogP contribution is 2.08. The Morgan fingerprint density at radius 2 is 2.50 bits per heavy atom. The van der Waals surface area contributed by atoms with Crippen LogP contribution in [0, 0.1) is 0 Å². The minimum Gasteiger partial charge on any atom is -0.432 e. The summed E-state index contributed by atoms with van der Waals surface area (Å²) in [6.07, 6.45) is 1.33. The first-order valence-electron chi connectivity index (χ1n) is 3.50. The van der Waals surface area contributed by atoms with Crippen LogP contribution in [-0.4, -0.2) is 40.5 Å². The Balaban J connectivity index is 1.68. The summed E-state index contributed by atoms with van der Waals surface area (Å²) in [5.74, 6) is 0. The maximum atomic E-state index is 8.43. The Kier molecular flexibility index (Phi) is 3.97. The van der Waals surface area contributed by atoms with Crippen LogP contribution in [0.3, 0.4) is 0 Å². The summed E-state index contributed by atoms with van der Waals surface area (Å²) in [6, 6.07) is 0.867. The maximum Gasteiger partial charge on any atom is 0.224 e. The summed E-state index contributed by atoms with van der Waals surface area (Å²) >= 11 is 0. The maximum absolute atomic E-state index is 8.43. The van der Waals surface area contributed by atoms with Gasteiger partial charge in [0.1, 0.15) is 6.10 Å². The highest BCUT2D eigenvalue weighted by atomic mass is 28.2. The van der Waals surface area contributed by atoms with Gasteiger partial charge in [0.05, 0.1) is 13.2 Å². The lowest BCUT2D eigenvalue weighted by Gasteiger charge is -1.98. The number of ether oxygens (including phenoxy) is 2. The van der Waals surface area contributed by atoms with Crippen LogP contribution in [0.25, 0.3) is 0 Å². The molecule has 1 aliphatic rings. The highest BCUT2D eigenvalue weighted by Gasteiger charge is 2.21. The normalized spacial score (nSPS) is 23.1. The smallest absolute Gasteiger partial charge is 0.224 e. The van der Waals surface area contributed by atoms with E-state index in [1.165, 1.54) is 0 Å². The van der Waals surface area contributed by atoms with Crippen molar-refractivity contribution < 1.29 is 14.3 Å². The van der Waals surface area contributed by atoms with Gasteiger partial charge in [-0.15, -0.1) is 0 Å². The molecule has 1 unspecified atom stereocenters. The van der Waals surface area contributed by atoms with Gasteiger partial charge in [-0.1, -0.05) is 0 Å². The van der Waals surface area contributed by atoms with Crippen LogP contribution < -0.4 is 0 Å². The van der Waals surface area contributed by atoms with Crippen molar-refractivity contribution >= 4 is 9.76 Å². The van der Waals surface area contributed by atoms with Gasteiger partial charge in [-0.2, -0.15) is 0 Å². The minimum absolute atomic E-state index is 0.0679. The fraction of sp³-hybridized carbons (Fsp3) is 1.00. The highest BCUT2D eigenvalue weighted by molar-refractivity contribution is 6.25. The number of hydrogen-bond acceptors (Lipinski definition) is 3. The predicted molar refractivity (Wildman–Crippen MR) is 38.0 cm³/mol. The Morgan fingerprint density at radius 1 is 1.70 bits per heavy atom. The molecule has 0 aliphatic carbocycles. The molecule has 10 heavy (non-hydrogen) atoms. The van der Waals surface area contributed by atoms with Crippen molar-refractivity contribution in [2.24, 2.45) is 0 Å². The van der Waals surface area contributed by atoms with Crippen LogP contribution in [0.5, 0.6) is 0 Å².